The molecule has 10 heteroatoms. The van der Waals surface area contributed by atoms with Crippen molar-refractivity contribution in [1.82, 2.24) is 9.97 Å². The van der Waals surface area contributed by atoms with Gasteiger partial charge in [0, 0.05) is 23.3 Å². The van der Waals surface area contributed by atoms with E-state index in [0.717, 1.165) is 22.1 Å². The van der Waals surface area contributed by atoms with E-state index < -0.39 is 23.9 Å². The van der Waals surface area contributed by atoms with Crippen molar-refractivity contribution in [3.8, 4) is 0 Å². The van der Waals surface area contributed by atoms with Crippen LogP contribution in [0.5, 0.6) is 0 Å². The van der Waals surface area contributed by atoms with Crippen molar-refractivity contribution in [2.24, 2.45) is 0 Å². The highest BCUT2D eigenvalue weighted by molar-refractivity contribution is 5.94. The van der Waals surface area contributed by atoms with Gasteiger partial charge >= 0.3 is 23.9 Å². The number of carboxylic acid groups (broad SMARTS) is 4. The zero-order valence-electron chi connectivity index (χ0n) is 17.1. The van der Waals surface area contributed by atoms with Crippen LogP contribution in [-0.2, 0) is 19.2 Å². The Balaban J connectivity index is 0.000000254. The summed E-state index contributed by atoms with van der Waals surface area (Å²) in [4.78, 5) is 48.4. The molecule has 1 aromatic heterocycles. The van der Waals surface area contributed by atoms with E-state index in [9.17, 15) is 19.2 Å². The van der Waals surface area contributed by atoms with Crippen LogP contribution in [0.1, 0.15) is 13.8 Å². The molecular weight excluding hydrogens is 420 g/mol. The summed E-state index contributed by atoms with van der Waals surface area (Å²) < 4.78 is 0. The second-order valence-electron chi connectivity index (χ2n) is 6.14. The fourth-order valence-corrected chi connectivity index (χ4v) is 2.06. The predicted octanol–water partition coefficient (Wildman–Crippen LogP) is 2.99. The Kier molecular flexibility index (Phi) is 9.68. The molecule has 1 heterocycles. The van der Waals surface area contributed by atoms with E-state index in [4.69, 9.17) is 20.4 Å². The summed E-state index contributed by atoms with van der Waals surface area (Å²) in [6, 6.07) is 15.8. The Morgan fingerprint density at radius 3 is 1.00 bits per heavy atom. The molecule has 0 aliphatic carbocycles. The van der Waals surface area contributed by atoms with E-state index in [1.807, 2.05) is 48.5 Å². The lowest BCUT2D eigenvalue weighted by molar-refractivity contribution is -0.135. The largest absolute Gasteiger partial charge is 0.478 e. The summed E-state index contributed by atoms with van der Waals surface area (Å²) in [6.45, 7) is 2.44. The van der Waals surface area contributed by atoms with Crippen LogP contribution in [-0.4, -0.2) is 54.3 Å². The van der Waals surface area contributed by atoms with E-state index in [1.165, 1.54) is 13.8 Å². The molecule has 2 aromatic carbocycles. The molecule has 3 rings (SSSR count). The first kappa shape index (κ1) is 25.4. The van der Waals surface area contributed by atoms with E-state index in [1.54, 1.807) is 0 Å². The van der Waals surface area contributed by atoms with Crippen LogP contribution in [0.4, 0.5) is 0 Å². The summed E-state index contributed by atoms with van der Waals surface area (Å²) in [5, 5.41) is 32.2. The minimum Gasteiger partial charge on any atom is -0.478 e. The second kappa shape index (κ2) is 12.2. The minimum atomic E-state index is -1.24. The van der Waals surface area contributed by atoms with Crippen molar-refractivity contribution in [2.45, 2.75) is 13.8 Å². The van der Waals surface area contributed by atoms with Gasteiger partial charge in [0.25, 0.3) is 0 Å². The highest BCUT2D eigenvalue weighted by Crippen LogP contribution is 2.14. The Hall–Kier alpha value is -4.60. The van der Waals surface area contributed by atoms with Gasteiger partial charge < -0.3 is 20.4 Å². The lowest BCUT2D eigenvalue weighted by Crippen LogP contribution is -1.99. The quantitative estimate of drug-likeness (QED) is 0.348. The molecule has 3 aromatic rings. The number of carboxylic acids is 4. The smallest absolute Gasteiger partial charge is 0.331 e. The number of hydrogen-bond acceptors (Lipinski definition) is 6. The zero-order chi connectivity index (χ0) is 24.3. The SMILES string of the molecule is C/C(=C/C(=O)O)C(=O)O.C/C(=C/C(=O)O)C(=O)O.c1ccc2nc3ccccc3nc2c1. The lowest BCUT2D eigenvalue weighted by atomic mass is 10.2. The molecule has 0 saturated carbocycles. The topological polar surface area (TPSA) is 175 Å². The van der Waals surface area contributed by atoms with Gasteiger partial charge in [0.15, 0.2) is 0 Å². The number of benzene rings is 2. The van der Waals surface area contributed by atoms with Crippen molar-refractivity contribution >= 4 is 45.9 Å². The number of aromatic nitrogens is 2. The monoisotopic (exact) mass is 440 g/mol. The molecule has 10 nitrogen and oxygen atoms in total. The first-order valence-electron chi connectivity index (χ1n) is 8.91. The molecule has 0 spiro atoms. The molecule has 0 radical (unpaired) electrons. The van der Waals surface area contributed by atoms with Crippen molar-refractivity contribution in [1.29, 1.82) is 0 Å². The molecule has 0 saturated heterocycles. The molecule has 0 bridgehead atoms. The predicted molar refractivity (Wildman–Crippen MR) is 115 cm³/mol. The number of aliphatic carboxylic acids is 4. The average Bonchev–Trinajstić information content (AvgIpc) is 2.72. The molecule has 0 aliphatic heterocycles. The second-order valence-corrected chi connectivity index (χ2v) is 6.14. The number of carbonyl (C=O) groups is 4. The van der Waals surface area contributed by atoms with Gasteiger partial charge in [-0.15, -0.1) is 0 Å². The first-order valence-corrected chi connectivity index (χ1v) is 8.91. The summed E-state index contributed by atoms with van der Waals surface area (Å²) >= 11 is 0. The lowest BCUT2D eigenvalue weighted by Gasteiger charge is -1.98. The van der Waals surface area contributed by atoms with E-state index in [0.29, 0.717) is 12.2 Å². The fraction of sp³-hybridized carbons (Fsp3) is 0.0909. The molecule has 166 valence electrons. The van der Waals surface area contributed by atoms with Crippen LogP contribution in [0.25, 0.3) is 22.1 Å². The molecule has 0 atom stereocenters. The Bertz CT molecular complexity index is 1070. The summed E-state index contributed by atoms with van der Waals surface area (Å²) in [6.07, 6.45) is 1.28. The Morgan fingerprint density at radius 2 is 0.844 bits per heavy atom. The van der Waals surface area contributed by atoms with E-state index in [2.05, 4.69) is 9.97 Å². The van der Waals surface area contributed by atoms with Gasteiger partial charge in [0.1, 0.15) is 0 Å². The van der Waals surface area contributed by atoms with Crippen molar-refractivity contribution in [2.75, 3.05) is 0 Å². The molecule has 0 amide bonds. The zero-order valence-corrected chi connectivity index (χ0v) is 17.1. The third-order valence-corrected chi connectivity index (χ3v) is 3.60. The normalized spacial score (nSPS) is 10.9. The molecular formula is C22H20N2O8. The maximum atomic E-state index is 9.90. The fourth-order valence-electron chi connectivity index (χ4n) is 2.06. The maximum Gasteiger partial charge on any atom is 0.331 e. The van der Waals surface area contributed by atoms with Crippen molar-refractivity contribution in [3.05, 3.63) is 71.8 Å². The van der Waals surface area contributed by atoms with Crippen molar-refractivity contribution in [3.63, 3.8) is 0 Å². The third-order valence-electron chi connectivity index (χ3n) is 3.60. The highest BCUT2D eigenvalue weighted by Gasteiger charge is 2.01. The van der Waals surface area contributed by atoms with Gasteiger partial charge in [-0.05, 0) is 38.1 Å². The number of hydrogen-bond donors (Lipinski definition) is 4. The maximum absolute atomic E-state index is 9.90. The molecule has 0 aliphatic rings. The molecule has 32 heavy (non-hydrogen) atoms. The van der Waals surface area contributed by atoms with Crippen molar-refractivity contribution < 1.29 is 39.6 Å². The number of nitrogens with zero attached hydrogens (tertiary/aromatic N) is 2. The molecule has 0 unspecified atom stereocenters. The van der Waals surface area contributed by atoms with Gasteiger partial charge in [-0.1, -0.05) is 24.3 Å². The van der Waals surface area contributed by atoms with Gasteiger partial charge in [-0.2, -0.15) is 0 Å². The van der Waals surface area contributed by atoms with E-state index >= 15 is 0 Å². The Morgan fingerprint density at radius 1 is 0.594 bits per heavy atom. The average molecular weight is 440 g/mol. The number of rotatable bonds is 4. The summed E-state index contributed by atoms with van der Waals surface area (Å²) in [7, 11) is 0. The first-order chi connectivity index (χ1) is 15.0. The van der Waals surface area contributed by atoms with Crippen LogP contribution >= 0.6 is 0 Å². The Labute approximate surface area is 181 Å². The molecule has 0 fully saturated rings. The van der Waals surface area contributed by atoms with E-state index in [-0.39, 0.29) is 11.1 Å². The van der Waals surface area contributed by atoms with Crippen LogP contribution in [0, 0.1) is 0 Å². The standard InChI is InChI=1S/C12H8N2.2C5H6O4/c1-2-6-10-9(5-1)13-11-7-3-4-8-12(11)14-10;2*1-3(5(8)9)2-4(6)7/h1-8H;2*2H,1H3,(H,6,7)(H,8,9)/b;2*3-2-. The summed E-state index contributed by atoms with van der Waals surface area (Å²) in [5.74, 6) is -4.90. The third kappa shape index (κ3) is 8.82. The van der Waals surface area contributed by atoms with Gasteiger partial charge in [0.05, 0.1) is 22.1 Å². The number of fused-ring (bicyclic) bond motifs is 2. The van der Waals surface area contributed by atoms with Gasteiger partial charge in [-0.3, -0.25) is 0 Å². The van der Waals surface area contributed by atoms with Crippen LogP contribution in [0.2, 0.25) is 0 Å². The molecule has 4 N–H and O–H groups in total. The minimum absolute atomic E-state index is 0.178. The highest BCUT2D eigenvalue weighted by atomic mass is 16.4. The van der Waals surface area contributed by atoms with Gasteiger partial charge in [0.2, 0.25) is 0 Å². The van der Waals surface area contributed by atoms with Crippen LogP contribution in [0.3, 0.4) is 0 Å². The number of para-hydroxylation sites is 4. The van der Waals surface area contributed by atoms with Crippen LogP contribution < -0.4 is 0 Å². The van der Waals surface area contributed by atoms with Crippen LogP contribution in [0.15, 0.2) is 71.8 Å². The van der Waals surface area contributed by atoms with Gasteiger partial charge in [-0.25, -0.2) is 29.1 Å². The summed E-state index contributed by atoms with van der Waals surface area (Å²) in [5.41, 5.74) is 3.44.